The molecule has 0 radical (unpaired) electrons. The van der Waals surface area contributed by atoms with E-state index in [0.717, 1.165) is 0 Å². The van der Waals surface area contributed by atoms with Gasteiger partial charge in [-0.05, 0) is 0 Å². The molecule has 0 aromatic heterocycles. The molecular weight excluding hydrogens is 98.0 g/mol. The largest absolute Gasteiger partial charge is 0.269 e. The summed E-state index contributed by atoms with van der Waals surface area (Å²) in [5.41, 5.74) is 0. The predicted octanol–water partition coefficient (Wildman–Crippen LogP) is 1.68. The van der Waals surface area contributed by atoms with E-state index in [4.69, 9.17) is 0 Å². The van der Waals surface area contributed by atoms with Crippen LogP contribution in [0.4, 0.5) is 4.70 Å². The summed E-state index contributed by atoms with van der Waals surface area (Å²) in [4.78, 5) is 0. The smallest absolute Gasteiger partial charge is 0.0481 e. The Morgan fingerprint density at radius 2 is 0.833 bits per heavy atom. The number of rotatable bonds is 0. The van der Waals surface area contributed by atoms with Crippen LogP contribution in [0.1, 0.15) is 0 Å². The zero-order valence-electron chi connectivity index (χ0n) is 4.86. The molecule has 2 heteroatoms. The van der Waals surface area contributed by atoms with Crippen molar-refractivity contribution < 1.29 is 4.70 Å². The van der Waals surface area contributed by atoms with Gasteiger partial charge in [-0.25, -0.2) is 0 Å². The normalized spacial score (nSPS) is 10.0. The van der Waals surface area contributed by atoms with Crippen molar-refractivity contribution in [2.24, 2.45) is 0 Å². The molecule has 0 nitrogen and oxygen atoms in total. The van der Waals surface area contributed by atoms with E-state index in [1.54, 1.807) is 0 Å². The summed E-state index contributed by atoms with van der Waals surface area (Å²) in [6.07, 6.45) is 0. The fraction of sp³-hybridized carbons (Fsp3) is 1.00. The first-order valence-electron chi connectivity index (χ1n) is 1.79. The van der Waals surface area contributed by atoms with Crippen LogP contribution in [-0.4, -0.2) is 26.7 Å². The van der Waals surface area contributed by atoms with Gasteiger partial charge >= 0.3 is 0 Å². The third kappa shape index (κ3) is 380. The lowest BCUT2D eigenvalue weighted by atomic mass is 11.8. The Hall–Kier alpha value is 0.360. The van der Waals surface area contributed by atoms with Crippen molar-refractivity contribution in [3.05, 3.63) is 0 Å². The van der Waals surface area contributed by atoms with Crippen molar-refractivity contribution >= 4 is 7.26 Å². The van der Waals surface area contributed by atoms with E-state index in [9.17, 15) is 0 Å². The molecule has 0 spiro atoms. The Labute approximate surface area is 39.6 Å². The van der Waals surface area contributed by atoms with Gasteiger partial charge in [0, 0.05) is 33.9 Å². The maximum atomic E-state index is 2.30. The molecule has 0 N–H and O–H groups in total. The van der Waals surface area contributed by atoms with Crippen LogP contribution in [0.3, 0.4) is 0 Å². The highest BCUT2D eigenvalue weighted by molar-refractivity contribution is 7.72. The molecule has 0 aliphatic rings. The summed E-state index contributed by atoms with van der Waals surface area (Å²) < 4.78 is 0. The van der Waals surface area contributed by atoms with Gasteiger partial charge in [-0.3, -0.25) is 4.70 Å². The summed E-state index contributed by atoms with van der Waals surface area (Å²) >= 11 is 0. The zero-order chi connectivity index (χ0) is 4.50. The van der Waals surface area contributed by atoms with Crippen LogP contribution in [0.5, 0.6) is 0 Å². The van der Waals surface area contributed by atoms with E-state index in [1.807, 2.05) is 0 Å². The predicted molar refractivity (Wildman–Crippen MR) is 33.1 cm³/mol. The van der Waals surface area contributed by atoms with Crippen LogP contribution in [0.2, 0.25) is 0 Å². The molecule has 0 atom stereocenters. The van der Waals surface area contributed by atoms with Crippen molar-refractivity contribution in [1.29, 1.82) is 0 Å². The minimum atomic E-state index is -0.389. The molecule has 0 amide bonds. The average Bonchev–Trinajstić information content (AvgIpc) is 0.722. The Morgan fingerprint density at radius 1 is 0.833 bits per heavy atom. The summed E-state index contributed by atoms with van der Waals surface area (Å²) in [7, 11) is -0.389. The van der Waals surface area contributed by atoms with Gasteiger partial charge in [-0.2, -0.15) is 0 Å². The van der Waals surface area contributed by atoms with E-state index < -0.39 is 0 Å². The highest BCUT2D eigenvalue weighted by Gasteiger charge is 2.03. The average molecular weight is 111 g/mol. The first-order chi connectivity index (χ1) is 2.00. The van der Waals surface area contributed by atoms with Crippen LogP contribution in [0.15, 0.2) is 0 Å². The highest BCUT2D eigenvalue weighted by Crippen LogP contribution is 2.40. The molecule has 0 heterocycles. The molecule has 0 aliphatic carbocycles. The van der Waals surface area contributed by atoms with Gasteiger partial charge in [0.1, 0.15) is 0 Å². The highest BCUT2D eigenvalue weighted by atomic mass is 31.2. The summed E-state index contributed by atoms with van der Waals surface area (Å²) in [5, 5.41) is 0. The standard InChI is InChI=1S/C4H12P.FH/c1-5(2,3)4;/h1-4H3;1H/q+1;. The summed E-state index contributed by atoms with van der Waals surface area (Å²) in [6, 6.07) is 0. The fourth-order valence-electron chi connectivity index (χ4n) is 0. The van der Waals surface area contributed by atoms with Crippen LogP contribution in [-0.2, 0) is 0 Å². The molecule has 0 saturated heterocycles. The van der Waals surface area contributed by atoms with E-state index in [2.05, 4.69) is 26.7 Å². The van der Waals surface area contributed by atoms with Crippen LogP contribution < -0.4 is 0 Å². The molecule has 0 rings (SSSR count). The Kier molecular flexibility index (Phi) is 4.04. The van der Waals surface area contributed by atoms with E-state index in [1.165, 1.54) is 0 Å². The molecule has 0 unspecified atom stereocenters. The minimum Gasteiger partial charge on any atom is -0.269 e. The second-order valence-electron chi connectivity index (χ2n) is 2.68. The van der Waals surface area contributed by atoms with Gasteiger partial charge in [-0.1, -0.05) is 0 Å². The third-order valence-electron chi connectivity index (χ3n) is 0. The minimum absolute atomic E-state index is 0. The maximum absolute atomic E-state index is 2.30. The van der Waals surface area contributed by atoms with Crippen molar-refractivity contribution in [3.8, 4) is 0 Å². The van der Waals surface area contributed by atoms with Crippen molar-refractivity contribution in [2.45, 2.75) is 0 Å². The van der Waals surface area contributed by atoms with Gasteiger partial charge in [-0.15, -0.1) is 0 Å². The lowest BCUT2D eigenvalue weighted by Crippen LogP contribution is -1.74. The topological polar surface area (TPSA) is 0 Å². The van der Waals surface area contributed by atoms with Gasteiger partial charge in [0.25, 0.3) is 0 Å². The maximum Gasteiger partial charge on any atom is 0.0481 e. The van der Waals surface area contributed by atoms with Crippen LogP contribution in [0.25, 0.3) is 0 Å². The van der Waals surface area contributed by atoms with Crippen molar-refractivity contribution in [1.82, 2.24) is 0 Å². The lowest BCUT2D eigenvalue weighted by molar-refractivity contribution is 1.11. The van der Waals surface area contributed by atoms with Gasteiger partial charge < -0.3 is 0 Å². The molecule has 40 valence electrons. The second-order valence-corrected chi connectivity index (χ2v) is 8.05. The van der Waals surface area contributed by atoms with Crippen molar-refractivity contribution in [2.75, 3.05) is 26.7 Å². The Bertz CT molecular complexity index is 23.0. The first kappa shape index (κ1) is 9.61. The quantitative estimate of drug-likeness (QED) is 0.417. The number of hydrogen-bond acceptors (Lipinski definition) is 0. The van der Waals surface area contributed by atoms with E-state index in [-0.39, 0.29) is 12.0 Å². The lowest BCUT2D eigenvalue weighted by Gasteiger charge is -1.97. The zero-order valence-corrected chi connectivity index (χ0v) is 5.75. The van der Waals surface area contributed by atoms with Crippen LogP contribution in [0, 0.1) is 0 Å². The Balaban J connectivity index is 0. The molecule has 0 aliphatic heterocycles. The third-order valence-corrected chi connectivity index (χ3v) is 0. The van der Waals surface area contributed by atoms with Gasteiger partial charge in [0.15, 0.2) is 0 Å². The molecule has 0 bridgehead atoms. The Morgan fingerprint density at radius 3 is 0.833 bits per heavy atom. The molecule has 0 saturated carbocycles. The van der Waals surface area contributed by atoms with Gasteiger partial charge in [0.2, 0.25) is 0 Å². The fourth-order valence-corrected chi connectivity index (χ4v) is 0. The molecule has 0 aromatic rings. The van der Waals surface area contributed by atoms with Gasteiger partial charge in [0.05, 0.1) is 0 Å². The molecule has 0 aromatic carbocycles. The number of hydrogen-bond donors (Lipinski definition) is 0. The second kappa shape index (κ2) is 2.52. The summed E-state index contributed by atoms with van der Waals surface area (Å²) in [5.74, 6) is 0. The summed E-state index contributed by atoms with van der Waals surface area (Å²) in [6.45, 7) is 9.19. The molecule has 0 fully saturated rings. The SMILES string of the molecule is C[P+](C)(C)C.F. The van der Waals surface area contributed by atoms with Crippen LogP contribution >= 0.6 is 7.26 Å². The van der Waals surface area contributed by atoms with E-state index in [0.29, 0.717) is 0 Å². The molecular formula is C4H13FP+. The number of halogens is 1. The monoisotopic (exact) mass is 111 g/mol. The van der Waals surface area contributed by atoms with Crippen molar-refractivity contribution in [3.63, 3.8) is 0 Å². The first-order valence-corrected chi connectivity index (χ1v) is 5.37. The van der Waals surface area contributed by atoms with E-state index >= 15 is 0 Å². The molecule has 6 heavy (non-hydrogen) atoms.